The molecule has 0 aromatic heterocycles. The normalized spacial score (nSPS) is 21.1. The summed E-state index contributed by atoms with van der Waals surface area (Å²) in [6.07, 6.45) is -5.97. The van der Waals surface area contributed by atoms with Gasteiger partial charge in [0.2, 0.25) is 10.0 Å². The second-order valence-corrected chi connectivity index (χ2v) is 12.2. The number of hydrogen-bond donors (Lipinski definition) is 1. The van der Waals surface area contributed by atoms with Crippen molar-refractivity contribution in [2.24, 2.45) is 5.73 Å². The van der Waals surface area contributed by atoms with E-state index in [0.29, 0.717) is 0 Å². The van der Waals surface area contributed by atoms with Crippen molar-refractivity contribution >= 4 is 25.8 Å². The minimum atomic E-state index is -5.26. The van der Waals surface area contributed by atoms with Crippen LogP contribution in [0.5, 0.6) is 0 Å². The summed E-state index contributed by atoms with van der Waals surface area (Å²) < 4.78 is 94.1. The largest absolute Gasteiger partial charge is 0.490 e. The number of carbonyl (C=O) groups excluding carboxylic acids is 1. The number of nitrogens with zero attached hydrogens (tertiary/aromatic N) is 1. The quantitative estimate of drug-likeness (QED) is 0.458. The van der Waals surface area contributed by atoms with Gasteiger partial charge >= 0.3 is 12.1 Å². The summed E-state index contributed by atoms with van der Waals surface area (Å²) in [5.74, 6) is -2.89. The first-order valence-electron chi connectivity index (χ1n) is 10.1. The molecule has 1 aliphatic rings. The van der Waals surface area contributed by atoms with Crippen LogP contribution in [0.25, 0.3) is 0 Å². The first kappa shape index (κ1) is 26.1. The molecule has 0 amide bonds. The maximum atomic E-state index is 13.4. The molecule has 13 heteroatoms. The van der Waals surface area contributed by atoms with E-state index in [1.807, 2.05) is 0 Å². The molecule has 3 rings (SSSR count). The van der Waals surface area contributed by atoms with Crippen molar-refractivity contribution in [3.05, 3.63) is 65.7 Å². The summed E-state index contributed by atoms with van der Waals surface area (Å²) in [6, 6.07) is 13.6. The number of ether oxygens (including phenoxy) is 1. The fourth-order valence-electron chi connectivity index (χ4n) is 3.79. The minimum absolute atomic E-state index is 0.118. The van der Waals surface area contributed by atoms with Crippen LogP contribution in [0.4, 0.5) is 13.2 Å². The Labute approximate surface area is 195 Å². The van der Waals surface area contributed by atoms with E-state index in [1.165, 1.54) is 18.2 Å². The molecular formula is C21H23F3N2O6S2. The van der Waals surface area contributed by atoms with Crippen LogP contribution in [0.1, 0.15) is 29.7 Å². The highest BCUT2D eigenvalue weighted by Gasteiger charge is 2.43. The summed E-state index contributed by atoms with van der Waals surface area (Å²) in [5, 5.41) is -1.12. The second kappa shape index (κ2) is 9.64. The number of sulfonamides is 1. The smallest absolute Gasteiger partial charge is 0.436 e. The van der Waals surface area contributed by atoms with Crippen LogP contribution in [-0.4, -0.2) is 57.9 Å². The van der Waals surface area contributed by atoms with Crippen LogP contribution >= 0.6 is 0 Å². The van der Waals surface area contributed by atoms with Crippen molar-refractivity contribution in [1.82, 2.24) is 4.31 Å². The highest BCUT2D eigenvalue weighted by Crippen LogP contribution is 2.34. The van der Waals surface area contributed by atoms with Crippen LogP contribution in [0.15, 0.2) is 59.5 Å². The van der Waals surface area contributed by atoms with Crippen LogP contribution in [0.2, 0.25) is 0 Å². The molecule has 3 unspecified atom stereocenters. The predicted molar refractivity (Wildman–Crippen MR) is 117 cm³/mol. The van der Waals surface area contributed by atoms with Crippen molar-refractivity contribution in [1.29, 1.82) is 0 Å². The standard InChI is InChI=1S/C21H23F3N2O6S2/c1-33(28,29)26-12-16(14-6-3-2-4-7-14)11-18(13-26)34(30,31)17-9-5-8-15(10-17)19(25)32-20(27)21(22,23)24/h2-10,16,18-19H,11-13,25H2,1H3. The lowest BCUT2D eigenvalue weighted by Gasteiger charge is -2.36. The van der Waals surface area contributed by atoms with Gasteiger partial charge in [-0.2, -0.15) is 13.2 Å². The lowest BCUT2D eigenvalue weighted by molar-refractivity contribution is -0.205. The molecule has 1 aliphatic heterocycles. The number of nitrogens with two attached hydrogens (primary N) is 1. The highest BCUT2D eigenvalue weighted by atomic mass is 32.2. The second-order valence-electron chi connectivity index (χ2n) is 7.99. The molecule has 0 bridgehead atoms. The van der Waals surface area contributed by atoms with Gasteiger partial charge in [0.05, 0.1) is 16.4 Å². The third-order valence-electron chi connectivity index (χ3n) is 5.54. The summed E-state index contributed by atoms with van der Waals surface area (Å²) in [7, 11) is -7.84. The fourth-order valence-corrected chi connectivity index (χ4v) is 6.60. The summed E-state index contributed by atoms with van der Waals surface area (Å²) >= 11 is 0. The van der Waals surface area contributed by atoms with E-state index < -0.39 is 43.5 Å². The van der Waals surface area contributed by atoms with Gasteiger partial charge in [-0.15, -0.1) is 0 Å². The van der Waals surface area contributed by atoms with Gasteiger partial charge in [0.15, 0.2) is 16.1 Å². The number of carbonyl (C=O) groups is 1. The van der Waals surface area contributed by atoms with E-state index in [2.05, 4.69) is 4.74 Å². The van der Waals surface area contributed by atoms with E-state index in [4.69, 9.17) is 5.73 Å². The maximum Gasteiger partial charge on any atom is 0.490 e. The fraction of sp³-hybridized carbons (Fsp3) is 0.381. The Morgan fingerprint density at radius 1 is 1.06 bits per heavy atom. The summed E-state index contributed by atoms with van der Waals surface area (Å²) in [5.41, 5.74) is 6.16. The Morgan fingerprint density at radius 3 is 2.29 bits per heavy atom. The van der Waals surface area contributed by atoms with E-state index in [9.17, 15) is 34.8 Å². The van der Waals surface area contributed by atoms with Gasteiger partial charge in [-0.05, 0) is 30.0 Å². The minimum Gasteiger partial charge on any atom is -0.436 e. The Kier molecular flexibility index (Phi) is 7.41. The molecular weight excluding hydrogens is 497 g/mol. The van der Waals surface area contributed by atoms with Gasteiger partial charge in [-0.1, -0.05) is 42.5 Å². The molecule has 1 fully saturated rings. The van der Waals surface area contributed by atoms with E-state index in [1.54, 1.807) is 30.3 Å². The molecule has 2 aromatic carbocycles. The lowest BCUT2D eigenvalue weighted by atomic mass is 9.91. The third-order valence-corrected chi connectivity index (χ3v) is 8.90. The van der Waals surface area contributed by atoms with E-state index in [0.717, 1.165) is 22.2 Å². The highest BCUT2D eigenvalue weighted by molar-refractivity contribution is 7.92. The zero-order valence-corrected chi connectivity index (χ0v) is 19.6. The van der Waals surface area contributed by atoms with Crippen molar-refractivity contribution < 1.29 is 39.5 Å². The van der Waals surface area contributed by atoms with Gasteiger partial charge in [0.25, 0.3) is 0 Å². The Balaban J connectivity index is 1.92. The van der Waals surface area contributed by atoms with Gasteiger partial charge in [0.1, 0.15) is 0 Å². The molecule has 8 nitrogen and oxygen atoms in total. The Morgan fingerprint density at radius 2 is 1.71 bits per heavy atom. The summed E-state index contributed by atoms with van der Waals surface area (Å²) in [6.45, 7) is -0.156. The number of rotatable bonds is 6. The number of halogens is 3. The molecule has 2 aromatic rings. The number of sulfone groups is 1. The first-order valence-corrected chi connectivity index (χ1v) is 13.5. The predicted octanol–water partition coefficient (Wildman–Crippen LogP) is 2.34. The first-order chi connectivity index (χ1) is 15.7. The van der Waals surface area contributed by atoms with Crippen molar-refractivity contribution in [3.8, 4) is 0 Å². The maximum absolute atomic E-state index is 13.4. The number of benzene rings is 2. The Bertz CT molecular complexity index is 1250. The van der Waals surface area contributed by atoms with Gasteiger partial charge in [0, 0.05) is 18.7 Å². The van der Waals surface area contributed by atoms with Crippen LogP contribution < -0.4 is 5.73 Å². The van der Waals surface area contributed by atoms with Crippen molar-refractivity contribution in [2.45, 2.75) is 34.9 Å². The summed E-state index contributed by atoms with van der Waals surface area (Å²) in [4.78, 5) is 10.8. The molecule has 1 heterocycles. The van der Waals surface area contributed by atoms with Gasteiger partial charge in [-0.3, -0.25) is 5.73 Å². The lowest BCUT2D eigenvalue weighted by Crippen LogP contribution is -2.47. The Hall–Kier alpha value is -2.48. The average Bonchev–Trinajstić information content (AvgIpc) is 2.78. The molecule has 0 saturated carbocycles. The molecule has 3 atom stereocenters. The van der Waals surface area contributed by atoms with Crippen LogP contribution in [0.3, 0.4) is 0 Å². The average molecular weight is 521 g/mol. The number of piperidine rings is 1. The number of hydrogen-bond acceptors (Lipinski definition) is 7. The third kappa shape index (κ3) is 5.95. The monoisotopic (exact) mass is 520 g/mol. The van der Waals surface area contributed by atoms with E-state index in [-0.39, 0.29) is 35.9 Å². The zero-order chi connectivity index (χ0) is 25.3. The molecule has 0 spiro atoms. The molecule has 1 saturated heterocycles. The van der Waals surface area contributed by atoms with Crippen molar-refractivity contribution in [3.63, 3.8) is 0 Å². The van der Waals surface area contributed by atoms with Crippen LogP contribution in [-0.2, 0) is 29.4 Å². The molecule has 2 N–H and O–H groups in total. The zero-order valence-electron chi connectivity index (χ0n) is 18.0. The molecule has 0 radical (unpaired) electrons. The van der Waals surface area contributed by atoms with Crippen LogP contribution in [0, 0.1) is 0 Å². The van der Waals surface area contributed by atoms with Gasteiger partial charge < -0.3 is 4.74 Å². The SMILES string of the molecule is CS(=O)(=O)N1CC(c2ccccc2)CC(S(=O)(=O)c2cccc(C(N)OC(=O)C(F)(F)F)c2)C1. The van der Waals surface area contributed by atoms with Crippen molar-refractivity contribution in [2.75, 3.05) is 19.3 Å². The number of alkyl halides is 3. The molecule has 34 heavy (non-hydrogen) atoms. The van der Waals surface area contributed by atoms with Gasteiger partial charge in [-0.25, -0.2) is 25.9 Å². The topological polar surface area (TPSA) is 124 Å². The molecule has 0 aliphatic carbocycles. The van der Waals surface area contributed by atoms with E-state index >= 15 is 0 Å². The number of esters is 1. The molecule has 186 valence electrons.